The van der Waals surface area contributed by atoms with Gasteiger partial charge in [-0.3, -0.25) is 0 Å². The summed E-state index contributed by atoms with van der Waals surface area (Å²) in [6.07, 6.45) is -1.92. The number of nitrogens with zero attached hydrogens (tertiary/aromatic N) is 1. The van der Waals surface area contributed by atoms with Crippen molar-refractivity contribution in [2.75, 3.05) is 25.5 Å². The first-order valence-corrected chi connectivity index (χ1v) is 11.6. The minimum absolute atomic E-state index is 0.0100. The number of fused-ring (bicyclic) bond motifs is 1. The zero-order chi connectivity index (χ0) is 22.4. The number of alkyl halides is 3. The van der Waals surface area contributed by atoms with Crippen LogP contribution in [0.25, 0.3) is 10.9 Å². The summed E-state index contributed by atoms with van der Waals surface area (Å²) in [5, 5.41) is 3.81. The molecule has 3 aromatic rings. The predicted molar refractivity (Wildman–Crippen MR) is 114 cm³/mol. The van der Waals surface area contributed by atoms with Gasteiger partial charge in [-0.05, 0) is 63.3 Å². The molecule has 4 rings (SSSR count). The predicted octanol–water partition coefficient (Wildman–Crippen LogP) is 5.18. The number of piperidine rings is 1. The molecule has 0 saturated carbocycles. The fourth-order valence-corrected chi connectivity index (χ4v) is 5.48. The van der Waals surface area contributed by atoms with Gasteiger partial charge >= 0.3 is 6.18 Å². The van der Waals surface area contributed by atoms with Gasteiger partial charge in [0, 0.05) is 33.9 Å². The van der Waals surface area contributed by atoms with Crippen LogP contribution in [0.15, 0.2) is 52.4 Å². The van der Waals surface area contributed by atoms with Crippen molar-refractivity contribution in [1.29, 1.82) is 0 Å². The smallest absolute Gasteiger partial charge is 0.382 e. The van der Waals surface area contributed by atoms with E-state index in [1.54, 1.807) is 18.2 Å². The number of halogens is 4. The first-order chi connectivity index (χ1) is 14.6. The van der Waals surface area contributed by atoms with Crippen LogP contribution in [0, 0.1) is 0 Å². The molecule has 1 aromatic heterocycles. The Bertz CT molecular complexity index is 1220. The van der Waals surface area contributed by atoms with Crippen LogP contribution in [0.4, 0.5) is 18.9 Å². The Kier molecular flexibility index (Phi) is 5.70. The molecular formula is C21H21ClF3N3O2S. The van der Waals surface area contributed by atoms with Crippen molar-refractivity contribution in [3.05, 3.63) is 53.2 Å². The average molecular weight is 472 g/mol. The van der Waals surface area contributed by atoms with Gasteiger partial charge in [0.15, 0.2) is 0 Å². The zero-order valence-electron chi connectivity index (χ0n) is 16.6. The second kappa shape index (κ2) is 8.03. The molecule has 1 fully saturated rings. The first-order valence-electron chi connectivity index (χ1n) is 9.74. The molecule has 0 atom stereocenters. The van der Waals surface area contributed by atoms with Gasteiger partial charge in [-0.25, -0.2) is 8.42 Å². The van der Waals surface area contributed by atoms with E-state index < -0.39 is 21.6 Å². The largest absolute Gasteiger partial charge is 0.418 e. The van der Waals surface area contributed by atoms with Gasteiger partial charge in [-0.1, -0.05) is 17.7 Å². The molecule has 0 amide bonds. The van der Waals surface area contributed by atoms with Gasteiger partial charge in [0.25, 0.3) is 0 Å². The van der Waals surface area contributed by atoms with Crippen LogP contribution >= 0.6 is 11.6 Å². The molecule has 2 heterocycles. The number of hydrogen-bond donors (Lipinski definition) is 2. The SMILES string of the molecule is CN1CCC(Nc2cc(S(=O)(=O)c3c[nH]c4cc(Cl)ccc34)ccc2C(F)(F)F)CC1. The van der Waals surface area contributed by atoms with Crippen molar-refractivity contribution in [2.24, 2.45) is 0 Å². The number of likely N-dealkylation sites (tertiary alicyclic amines) is 1. The molecular weight excluding hydrogens is 451 g/mol. The summed E-state index contributed by atoms with van der Waals surface area (Å²) < 4.78 is 67.3. The Balaban J connectivity index is 1.75. The number of hydrogen-bond acceptors (Lipinski definition) is 4. The highest BCUT2D eigenvalue weighted by molar-refractivity contribution is 7.91. The molecule has 5 nitrogen and oxygen atoms in total. The van der Waals surface area contributed by atoms with E-state index >= 15 is 0 Å². The zero-order valence-corrected chi connectivity index (χ0v) is 18.2. The normalized spacial score (nSPS) is 16.7. The van der Waals surface area contributed by atoms with Gasteiger partial charge in [0.1, 0.15) is 0 Å². The van der Waals surface area contributed by atoms with E-state index in [0.29, 0.717) is 28.8 Å². The second-order valence-electron chi connectivity index (χ2n) is 7.77. The molecule has 1 aliphatic heterocycles. The van der Waals surface area contributed by atoms with Gasteiger partial charge in [-0.15, -0.1) is 0 Å². The monoisotopic (exact) mass is 471 g/mol. The maximum Gasteiger partial charge on any atom is 0.418 e. The van der Waals surface area contributed by atoms with Gasteiger partial charge in [0.2, 0.25) is 9.84 Å². The Hall–Kier alpha value is -2.23. The molecule has 0 unspecified atom stereocenters. The van der Waals surface area contributed by atoms with Crippen LogP contribution in [0.3, 0.4) is 0 Å². The molecule has 1 saturated heterocycles. The summed E-state index contributed by atoms with van der Waals surface area (Å²) in [6, 6.07) is 7.49. The highest BCUT2D eigenvalue weighted by Crippen LogP contribution is 2.38. The third-order valence-electron chi connectivity index (χ3n) is 5.58. The third-order valence-corrected chi connectivity index (χ3v) is 7.61. The fraction of sp³-hybridized carbons (Fsp3) is 0.333. The fourth-order valence-electron chi connectivity index (χ4n) is 3.85. The van der Waals surface area contributed by atoms with E-state index in [0.717, 1.165) is 31.3 Å². The molecule has 2 N–H and O–H groups in total. The lowest BCUT2D eigenvalue weighted by Crippen LogP contribution is -2.37. The molecule has 0 spiro atoms. The lowest BCUT2D eigenvalue weighted by molar-refractivity contribution is -0.137. The van der Waals surface area contributed by atoms with E-state index in [4.69, 9.17) is 11.6 Å². The summed E-state index contributed by atoms with van der Waals surface area (Å²) >= 11 is 5.95. The maximum atomic E-state index is 13.6. The third kappa shape index (κ3) is 4.40. The Morgan fingerprint density at radius 1 is 1.13 bits per heavy atom. The van der Waals surface area contributed by atoms with Crippen LogP contribution in [-0.2, 0) is 16.0 Å². The summed E-state index contributed by atoms with van der Waals surface area (Å²) in [4.78, 5) is 4.75. The average Bonchev–Trinajstić information content (AvgIpc) is 3.12. The Morgan fingerprint density at radius 2 is 1.84 bits per heavy atom. The number of aromatic nitrogens is 1. The number of H-pyrrole nitrogens is 1. The number of rotatable bonds is 4. The van der Waals surface area contributed by atoms with Crippen LogP contribution in [0.1, 0.15) is 18.4 Å². The molecule has 2 aromatic carbocycles. The minimum Gasteiger partial charge on any atom is -0.382 e. The standard InChI is InChI=1S/C21H21ClF3N3O2S/c1-28-8-6-14(7-9-28)27-19-11-15(3-5-17(19)21(23,24)25)31(29,30)20-12-26-18-10-13(22)2-4-16(18)20/h2-5,10-12,14,26-27H,6-9H2,1H3. The highest BCUT2D eigenvalue weighted by Gasteiger charge is 2.35. The molecule has 10 heteroatoms. The van der Waals surface area contributed by atoms with Gasteiger partial charge in [-0.2, -0.15) is 13.2 Å². The van der Waals surface area contributed by atoms with E-state index in [1.165, 1.54) is 6.20 Å². The first kappa shape index (κ1) is 22.0. The Morgan fingerprint density at radius 3 is 2.52 bits per heavy atom. The van der Waals surface area contributed by atoms with Crippen molar-refractivity contribution in [3.63, 3.8) is 0 Å². The van der Waals surface area contributed by atoms with E-state index in [-0.39, 0.29) is 21.5 Å². The molecule has 1 aliphatic rings. The van der Waals surface area contributed by atoms with E-state index in [9.17, 15) is 21.6 Å². The Labute approximate surface area is 183 Å². The molecule has 0 bridgehead atoms. The van der Waals surface area contributed by atoms with Gasteiger partial charge in [0.05, 0.1) is 15.4 Å². The van der Waals surface area contributed by atoms with Crippen LogP contribution < -0.4 is 5.32 Å². The second-order valence-corrected chi connectivity index (χ2v) is 10.1. The van der Waals surface area contributed by atoms with Gasteiger partial charge < -0.3 is 15.2 Å². The van der Waals surface area contributed by atoms with Crippen molar-refractivity contribution in [3.8, 4) is 0 Å². The lowest BCUT2D eigenvalue weighted by Gasteiger charge is -2.31. The van der Waals surface area contributed by atoms with Crippen molar-refractivity contribution in [2.45, 2.75) is 34.9 Å². The molecule has 31 heavy (non-hydrogen) atoms. The van der Waals surface area contributed by atoms with Crippen molar-refractivity contribution in [1.82, 2.24) is 9.88 Å². The molecule has 0 radical (unpaired) electrons. The van der Waals surface area contributed by atoms with Crippen LogP contribution in [0.5, 0.6) is 0 Å². The van der Waals surface area contributed by atoms with Crippen LogP contribution in [0.2, 0.25) is 5.02 Å². The lowest BCUT2D eigenvalue weighted by atomic mass is 10.0. The van der Waals surface area contributed by atoms with Crippen molar-refractivity contribution < 1.29 is 21.6 Å². The maximum absolute atomic E-state index is 13.6. The summed E-state index contributed by atoms with van der Waals surface area (Å²) in [5.74, 6) is 0. The van der Waals surface area contributed by atoms with E-state index in [2.05, 4.69) is 15.2 Å². The number of nitrogens with one attached hydrogen (secondary N) is 2. The van der Waals surface area contributed by atoms with E-state index in [1.807, 2.05) is 7.05 Å². The topological polar surface area (TPSA) is 65.2 Å². The number of benzene rings is 2. The number of aromatic amines is 1. The summed E-state index contributed by atoms with van der Waals surface area (Å²) in [7, 11) is -2.10. The van der Waals surface area contributed by atoms with Crippen LogP contribution in [-0.4, -0.2) is 44.5 Å². The highest BCUT2D eigenvalue weighted by atomic mass is 35.5. The molecule has 0 aliphatic carbocycles. The number of anilines is 1. The minimum atomic E-state index is -4.60. The summed E-state index contributed by atoms with van der Waals surface area (Å²) in [5.41, 5.74) is -0.565. The summed E-state index contributed by atoms with van der Waals surface area (Å²) in [6.45, 7) is 1.52. The number of sulfone groups is 1. The van der Waals surface area contributed by atoms with Crippen molar-refractivity contribution >= 4 is 38.0 Å². The molecule has 166 valence electrons. The quantitative estimate of drug-likeness (QED) is 0.550.